The van der Waals surface area contributed by atoms with E-state index in [2.05, 4.69) is 22.1 Å². The Kier molecular flexibility index (Phi) is 6.37. The Hall–Kier alpha value is -3.45. The van der Waals surface area contributed by atoms with Crippen LogP contribution in [0, 0.1) is 13.8 Å². The predicted octanol–water partition coefficient (Wildman–Crippen LogP) is 3.02. The molecule has 1 saturated heterocycles. The summed E-state index contributed by atoms with van der Waals surface area (Å²) in [5, 5.41) is 4.51. The van der Waals surface area contributed by atoms with Gasteiger partial charge in [0.05, 0.1) is 29.7 Å². The molecule has 0 spiro atoms. The zero-order valence-corrected chi connectivity index (χ0v) is 18.7. The minimum Gasteiger partial charge on any atom is -0.497 e. The molecule has 1 fully saturated rings. The van der Waals surface area contributed by atoms with Crippen LogP contribution in [0.4, 0.5) is 0 Å². The molecular weight excluding hydrogens is 404 g/mol. The van der Waals surface area contributed by atoms with E-state index < -0.39 is 11.7 Å². The molecule has 0 unspecified atom stereocenters. The summed E-state index contributed by atoms with van der Waals surface area (Å²) in [6, 6.07) is 17.6. The molecule has 2 heterocycles. The highest BCUT2D eigenvalue weighted by molar-refractivity contribution is 6.43. The van der Waals surface area contributed by atoms with Gasteiger partial charge in [0, 0.05) is 32.7 Å². The second-order valence-electron chi connectivity index (χ2n) is 8.04. The highest BCUT2D eigenvalue weighted by Gasteiger charge is 2.30. The minimum absolute atomic E-state index is 0.402. The fraction of sp³-hybridized carbons (Fsp3) is 0.320. The Balaban J connectivity index is 1.40. The van der Waals surface area contributed by atoms with Crippen LogP contribution >= 0.6 is 0 Å². The number of nitrogens with zero attached hydrogens (tertiary/aromatic N) is 4. The van der Waals surface area contributed by atoms with Crippen molar-refractivity contribution in [3.8, 4) is 11.4 Å². The number of carbonyl (C=O) groups is 2. The van der Waals surface area contributed by atoms with Gasteiger partial charge in [0.1, 0.15) is 5.75 Å². The van der Waals surface area contributed by atoms with Crippen LogP contribution in [0.3, 0.4) is 0 Å². The van der Waals surface area contributed by atoms with Crippen LogP contribution in [0.5, 0.6) is 5.75 Å². The molecule has 0 atom stereocenters. The van der Waals surface area contributed by atoms with Crippen LogP contribution in [0.25, 0.3) is 5.69 Å². The average Bonchev–Trinajstić information content (AvgIpc) is 3.13. The topological polar surface area (TPSA) is 67.7 Å². The highest BCUT2D eigenvalue weighted by atomic mass is 16.5. The van der Waals surface area contributed by atoms with E-state index in [0.29, 0.717) is 30.0 Å². The lowest BCUT2D eigenvalue weighted by atomic mass is 10.1. The molecule has 1 aliphatic heterocycles. The molecular formula is C25H28N4O3. The lowest BCUT2D eigenvalue weighted by molar-refractivity contribution is -0.128. The zero-order chi connectivity index (χ0) is 22.7. The molecule has 3 aromatic rings. The van der Waals surface area contributed by atoms with E-state index in [1.807, 2.05) is 49.4 Å². The van der Waals surface area contributed by atoms with Crippen LogP contribution in [-0.2, 0) is 11.3 Å². The SMILES string of the molecule is COc1ccc(CN2CCN(C(=O)C(=O)c3c(C)nn(-c4ccccc4)c3C)CC2)cc1. The van der Waals surface area contributed by atoms with Crippen LogP contribution in [-0.4, -0.2) is 64.6 Å². The van der Waals surface area contributed by atoms with E-state index in [-0.39, 0.29) is 0 Å². The first kappa shape index (κ1) is 21.8. The molecule has 7 heteroatoms. The van der Waals surface area contributed by atoms with E-state index in [0.717, 1.165) is 31.1 Å². The molecule has 0 N–H and O–H groups in total. The number of hydrogen-bond donors (Lipinski definition) is 0. The molecule has 32 heavy (non-hydrogen) atoms. The first-order valence-electron chi connectivity index (χ1n) is 10.8. The fourth-order valence-corrected chi connectivity index (χ4v) is 4.14. The monoisotopic (exact) mass is 432 g/mol. The number of para-hydroxylation sites is 1. The highest BCUT2D eigenvalue weighted by Crippen LogP contribution is 2.20. The van der Waals surface area contributed by atoms with Gasteiger partial charge in [0.2, 0.25) is 0 Å². The third-order valence-corrected chi connectivity index (χ3v) is 5.94. The van der Waals surface area contributed by atoms with Gasteiger partial charge in [-0.15, -0.1) is 0 Å². The number of carbonyl (C=O) groups excluding carboxylic acids is 2. The maximum Gasteiger partial charge on any atom is 0.295 e. The fourth-order valence-electron chi connectivity index (χ4n) is 4.14. The number of piperazine rings is 1. The van der Waals surface area contributed by atoms with Crippen molar-refractivity contribution in [2.45, 2.75) is 20.4 Å². The normalized spacial score (nSPS) is 14.4. The van der Waals surface area contributed by atoms with Crippen molar-refractivity contribution in [1.29, 1.82) is 0 Å². The average molecular weight is 433 g/mol. The van der Waals surface area contributed by atoms with E-state index in [4.69, 9.17) is 4.74 Å². The Bertz CT molecular complexity index is 1100. The molecule has 0 bridgehead atoms. The Morgan fingerprint density at radius 1 is 0.938 bits per heavy atom. The summed E-state index contributed by atoms with van der Waals surface area (Å²) in [6.45, 7) is 6.94. The Morgan fingerprint density at radius 2 is 1.59 bits per heavy atom. The molecule has 1 amide bonds. The summed E-state index contributed by atoms with van der Waals surface area (Å²) >= 11 is 0. The summed E-state index contributed by atoms with van der Waals surface area (Å²) in [4.78, 5) is 30.0. The summed E-state index contributed by atoms with van der Waals surface area (Å²) in [6.07, 6.45) is 0. The van der Waals surface area contributed by atoms with Crippen LogP contribution in [0.1, 0.15) is 27.3 Å². The third-order valence-electron chi connectivity index (χ3n) is 5.94. The van der Waals surface area contributed by atoms with Gasteiger partial charge < -0.3 is 9.64 Å². The minimum atomic E-state index is -0.481. The van der Waals surface area contributed by atoms with E-state index in [9.17, 15) is 9.59 Å². The zero-order valence-electron chi connectivity index (χ0n) is 18.7. The second-order valence-corrected chi connectivity index (χ2v) is 8.04. The van der Waals surface area contributed by atoms with Gasteiger partial charge in [-0.2, -0.15) is 5.10 Å². The van der Waals surface area contributed by atoms with E-state index in [1.54, 1.807) is 23.6 Å². The van der Waals surface area contributed by atoms with E-state index >= 15 is 0 Å². The van der Waals surface area contributed by atoms with Gasteiger partial charge in [-0.05, 0) is 43.7 Å². The lowest BCUT2D eigenvalue weighted by Gasteiger charge is -2.34. The van der Waals surface area contributed by atoms with Crippen molar-refractivity contribution in [2.24, 2.45) is 0 Å². The maximum atomic E-state index is 13.1. The molecule has 166 valence electrons. The number of benzene rings is 2. The number of Topliss-reactive ketones (excluding diaryl/α,β-unsaturated/α-hetero) is 1. The molecule has 0 saturated carbocycles. The van der Waals surface area contributed by atoms with Gasteiger partial charge in [0.15, 0.2) is 0 Å². The van der Waals surface area contributed by atoms with Gasteiger partial charge >= 0.3 is 0 Å². The first-order chi connectivity index (χ1) is 15.5. The lowest BCUT2D eigenvalue weighted by Crippen LogP contribution is -2.50. The van der Waals surface area contributed by atoms with Crippen LogP contribution in [0.15, 0.2) is 54.6 Å². The quantitative estimate of drug-likeness (QED) is 0.442. The van der Waals surface area contributed by atoms with Crippen molar-refractivity contribution in [3.05, 3.63) is 77.1 Å². The first-order valence-corrected chi connectivity index (χ1v) is 10.8. The third kappa shape index (κ3) is 4.43. The summed E-state index contributed by atoms with van der Waals surface area (Å²) in [7, 11) is 1.65. The molecule has 4 rings (SSSR count). The second kappa shape index (κ2) is 9.36. The van der Waals surface area contributed by atoms with Gasteiger partial charge in [-0.3, -0.25) is 14.5 Å². The van der Waals surface area contributed by atoms with Crippen LogP contribution < -0.4 is 4.74 Å². The van der Waals surface area contributed by atoms with Crippen LogP contribution in [0.2, 0.25) is 0 Å². The standard InChI is InChI=1S/C25H28N4O3/c1-18-23(19(2)29(26-18)21-7-5-4-6-8-21)24(30)25(31)28-15-13-27(14-16-28)17-20-9-11-22(32-3)12-10-20/h4-12H,13-17H2,1-3H3. The molecule has 1 aliphatic rings. The number of rotatable bonds is 6. The number of methoxy groups -OCH3 is 1. The Labute approximate surface area is 188 Å². The van der Waals surface area contributed by atoms with Gasteiger partial charge in [-0.25, -0.2) is 4.68 Å². The summed E-state index contributed by atoms with van der Waals surface area (Å²) in [5.41, 5.74) is 3.72. The molecule has 0 radical (unpaired) electrons. The van der Waals surface area contributed by atoms with Crippen molar-refractivity contribution in [3.63, 3.8) is 0 Å². The number of aryl methyl sites for hydroxylation is 1. The molecule has 0 aliphatic carbocycles. The number of aromatic nitrogens is 2. The molecule has 2 aromatic carbocycles. The number of amides is 1. The maximum absolute atomic E-state index is 13.1. The molecule has 1 aromatic heterocycles. The van der Waals surface area contributed by atoms with Crippen molar-refractivity contribution in [2.75, 3.05) is 33.3 Å². The largest absolute Gasteiger partial charge is 0.497 e. The van der Waals surface area contributed by atoms with Crippen molar-refractivity contribution < 1.29 is 14.3 Å². The van der Waals surface area contributed by atoms with Gasteiger partial charge in [0.25, 0.3) is 11.7 Å². The summed E-state index contributed by atoms with van der Waals surface area (Å²) < 4.78 is 6.93. The predicted molar refractivity (Wildman–Crippen MR) is 122 cm³/mol. The number of hydrogen-bond acceptors (Lipinski definition) is 5. The van der Waals surface area contributed by atoms with Crippen molar-refractivity contribution >= 4 is 11.7 Å². The van der Waals surface area contributed by atoms with Gasteiger partial charge in [-0.1, -0.05) is 30.3 Å². The summed E-state index contributed by atoms with van der Waals surface area (Å²) in [5.74, 6) is -0.0949. The Morgan fingerprint density at radius 3 is 2.22 bits per heavy atom. The number of ketones is 1. The van der Waals surface area contributed by atoms with E-state index in [1.165, 1.54) is 5.56 Å². The van der Waals surface area contributed by atoms with Crippen molar-refractivity contribution in [1.82, 2.24) is 19.6 Å². The number of ether oxygens (including phenoxy) is 1. The molecule has 7 nitrogen and oxygen atoms in total. The smallest absolute Gasteiger partial charge is 0.295 e.